The first-order chi connectivity index (χ1) is 6.87. The van der Waals surface area contributed by atoms with Crippen molar-refractivity contribution < 1.29 is 23.0 Å². The lowest BCUT2D eigenvalue weighted by molar-refractivity contribution is -0.147. The van der Waals surface area contributed by atoms with Gasteiger partial charge in [-0.15, -0.1) is 0 Å². The Hall–Kier alpha value is -0.330. The smallest absolute Gasteiger partial charge is 0.391 e. The van der Waals surface area contributed by atoms with Crippen LogP contribution in [0.1, 0.15) is 19.3 Å². The van der Waals surface area contributed by atoms with E-state index in [1.807, 2.05) is 0 Å². The van der Waals surface area contributed by atoms with Crippen LogP contribution in [0.5, 0.6) is 0 Å². The van der Waals surface area contributed by atoms with Crippen LogP contribution in [0.3, 0.4) is 0 Å². The largest absolute Gasteiger partial charge is 0.394 e. The number of rotatable bonds is 6. The minimum atomic E-state index is -4.20. The summed E-state index contributed by atoms with van der Waals surface area (Å²) in [5, 5.41) is 9.03. The van der Waals surface area contributed by atoms with Gasteiger partial charge in [-0.3, -0.25) is 0 Å². The van der Waals surface area contributed by atoms with Crippen molar-refractivity contribution in [1.29, 1.82) is 0 Å². The molecule has 0 spiro atoms. The first-order valence-corrected chi connectivity index (χ1v) is 4.92. The van der Waals surface area contributed by atoms with Crippen molar-refractivity contribution in [2.45, 2.75) is 31.0 Å². The summed E-state index contributed by atoms with van der Waals surface area (Å²) < 4.78 is 40.2. The predicted octanol–water partition coefficient (Wildman–Crippen LogP) is 1.06. The van der Waals surface area contributed by atoms with Gasteiger partial charge in [-0.1, -0.05) is 0 Å². The first-order valence-electron chi connectivity index (χ1n) is 4.92. The molecular weight excluding hydrogens is 211 g/mol. The molecule has 6 heteroatoms. The fraction of sp³-hybridized carbons (Fsp3) is 1.00. The molecule has 1 atom stereocenters. The summed E-state index contributed by atoms with van der Waals surface area (Å²) in [5.41, 5.74) is 4.94. The van der Waals surface area contributed by atoms with E-state index in [4.69, 9.17) is 15.6 Å². The molecule has 15 heavy (non-hydrogen) atoms. The lowest BCUT2D eigenvalue weighted by Crippen LogP contribution is -2.50. The third-order valence-electron chi connectivity index (χ3n) is 2.59. The number of halogens is 3. The van der Waals surface area contributed by atoms with Crippen LogP contribution in [-0.4, -0.2) is 36.6 Å². The highest BCUT2D eigenvalue weighted by Crippen LogP contribution is 2.38. The Kier molecular flexibility index (Phi) is 3.97. The average Bonchev–Trinajstić information content (AvgIpc) is 2.93. The standard InChI is InChI=1S/C9H16F3NO2/c10-9(11,12)3-4-15-6-8(13,5-14)7-1-2-7/h7,14H,1-6,13H2. The molecular formula is C9H16F3NO2. The van der Waals surface area contributed by atoms with Gasteiger partial charge in [0.15, 0.2) is 0 Å². The summed E-state index contributed by atoms with van der Waals surface area (Å²) in [6.45, 7) is -0.650. The van der Waals surface area contributed by atoms with Crippen LogP contribution in [0.2, 0.25) is 0 Å². The number of hydrogen-bond donors (Lipinski definition) is 2. The van der Waals surface area contributed by atoms with Gasteiger partial charge in [-0.25, -0.2) is 0 Å². The Balaban J connectivity index is 2.18. The molecule has 0 heterocycles. The number of aliphatic hydroxyl groups is 1. The Labute approximate surface area is 86.4 Å². The maximum Gasteiger partial charge on any atom is 0.391 e. The van der Waals surface area contributed by atoms with Gasteiger partial charge >= 0.3 is 6.18 Å². The van der Waals surface area contributed by atoms with Gasteiger partial charge < -0.3 is 15.6 Å². The molecule has 0 radical (unpaired) electrons. The molecule has 0 aromatic rings. The maximum absolute atomic E-state index is 11.8. The van der Waals surface area contributed by atoms with Crippen molar-refractivity contribution in [1.82, 2.24) is 0 Å². The van der Waals surface area contributed by atoms with E-state index in [1.54, 1.807) is 0 Å². The fourth-order valence-electron chi connectivity index (χ4n) is 1.40. The molecule has 0 aromatic carbocycles. The highest BCUT2D eigenvalue weighted by Gasteiger charge is 2.42. The monoisotopic (exact) mass is 227 g/mol. The number of alkyl halides is 3. The quantitative estimate of drug-likeness (QED) is 0.667. The molecule has 0 amide bonds. The molecule has 1 unspecified atom stereocenters. The number of ether oxygens (including phenoxy) is 1. The molecule has 1 rings (SSSR count). The van der Waals surface area contributed by atoms with Gasteiger partial charge in [0.25, 0.3) is 0 Å². The number of nitrogens with two attached hydrogens (primary N) is 1. The van der Waals surface area contributed by atoms with E-state index >= 15 is 0 Å². The van der Waals surface area contributed by atoms with Gasteiger partial charge in [-0.05, 0) is 18.8 Å². The number of hydrogen-bond acceptors (Lipinski definition) is 3. The average molecular weight is 227 g/mol. The van der Waals surface area contributed by atoms with Crippen LogP contribution in [0, 0.1) is 5.92 Å². The van der Waals surface area contributed by atoms with E-state index in [-0.39, 0.29) is 19.1 Å². The van der Waals surface area contributed by atoms with Crippen LogP contribution < -0.4 is 5.73 Å². The minimum absolute atomic E-state index is 0.00968. The normalized spacial score (nSPS) is 21.4. The minimum Gasteiger partial charge on any atom is -0.394 e. The van der Waals surface area contributed by atoms with Crippen LogP contribution in [-0.2, 0) is 4.74 Å². The van der Waals surface area contributed by atoms with E-state index in [2.05, 4.69) is 0 Å². The van der Waals surface area contributed by atoms with Gasteiger partial charge in [-0.2, -0.15) is 13.2 Å². The zero-order chi connectivity index (χ0) is 11.5. The summed E-state index contributed by atoms with van der Waals surface area (Å²) in [4.78, 5) is 0. The lowest BCUT2D eigenvalue weighted by atomic mass is 9.97. The van der Waals surface area contributed by atoms with Gasteiger partial charge in [0.05, 0.1) is 31.8 Å². The zero-order valence-electron chi connectivity index (χ0n) is 8.39. The molecule has 1 fully saturated rings. The van der Waals surface area contributed by atoms with Crippen molar-refractivity contribution in [3.05, 3.63) is 0 Å². The van der Waals surface area contributed by atoms with E-state index in [1.165, 1.54) is 0 Å². The van der Waals surface area contributed by atoms with Crippen molar-refractivity contribution in [3.63, 3.8) is 0 Å². The van der Waals surface area contributed by atoms with E-state index in [9.17, 15) is 13.2 Å². The molecule has 0 aromatic heterocycles. The molecule has 1 saturated carbocycles. The maximum atomic E-state index is 11.8. The topological polar surface area (TPSA) is 55.5 Å². The highest BCUT2D eigenvalue weighted by atomic mass is 19.4. The molecule has 1 aliphatic rings. The second-order valence-electron chi connectivity index (χ2n) is 4.08. The van der Waals surface area contributed by atoms with Crippen molar-refractivity contribution >= 4 is 0 Å². The fourth-order valence-corrected chi connectivity index (χ4v) is 1.40. The summed E-state index contributed by atoms with van der Waals surface area (Å²) in [7, 11) is 0. The highest BCUT2D eigenvalue weighted by molar-refractivity contribution is 4.98. The van der Waals surface area contributed by atoms with Crippen LogP contribution in [0.25, 0.3) is 0 Å². The molecule has 0 saturated heterocycles. The Bertz CT molecular complexity index is 206. The Morgan fingerprint density at radius 2 is 1.93 bits per heavy atom. The van der Waals surface area contributed by atoms with Gasteiger partial charge in [0.2, 0.25) is 0 Å². The summed E-state index contributed by atoms with van der Waals surface area (Å²) in [5.74, 6) is 0.188. The second-order valence-corrected chi connectivity index (χ2v) is 4.08. The van der Waals surface area contributed by atoms with Crippen molar-refractivity contribution in [2.24, 2.45) is 11.7 Å². The van der Waals surface area contributed by atoms with Crippen LogP contribution in [0.15, 0.2) is 0 Å². The molecule has 3 nitrogen and oxygen atoms in total. The number of aliphatic hydroxyl groups excluding tert-OH is 1. The third kappa shape index (κ3) is 4.36. The van der Waals surface area contributed by atoms with Crippen molar-refractivity contribution in [2.75, 3.05) is 19.8 Å². The van der Waals surface area contributed by atoms with E-state index in [0.29, 0.717) is 0 Å². The Morgan fingerprint density at radius 3 is 2.33 bits per heavy atom. The van der Waals surface area contributed by atoms with Crippen LogP contribution in [0.4, 0.5) is 13.2 Å². The molecule has 0 bridgehead atoms. The second kappa shape index (κ2) is 4.67. The first kappa shape index (κ1) is 12.7. The molecule has 1 aliphatic carbocycles. The molecule has 0 aliphatic heterocycles. The summed E-state index contributed by atoms with van der Waals surface area (Å²) >= 11 is 0. The summed E-state index contributed by atoms with van der Waals surface area (Å²) in [6, 6.07) is 0. The van der Waals surface area contributed by atoms with Gasteiger partial charge in [0, 0.05) is 0 Å². The lowest BCUT2D eigenvalue weighted by Gasteiger charge is -2.26. The third-order valence-corrected chi connectivity index (χ3v) is 2.59. The van der Waals surface area contributed by atoms with Crippen molar-refractivity contribution in [3.8, 4) is 0 Å². The molecule has 3 N–H and O–H groups in total. The van der Waals surface area contributed by atoms with Crippen LogP contribution >= 0.6 is 0 Å². The zero-order valence-corrected chi connectivity index (χ0v) is 8.39. The molecule has 90 valence electrons. The summed E-state index contributed by atoms with van der Waals surface area (Å²) in [6.07, 6.45) is -3.34. The van der Waals surface area contributed by atoms with E-state index in [0.717, 1.165) is 12.8 Å². The van der Waals surface area contributed by atoms with E-state index < -0.39 is 24.7 Å². The predicted molar refractivity (Wildman–Crippen MR) is 48.2 cm³/mol. The van der Waals surface area contributed by atoms with Gasteiger partial charge in [0.1, 0.15) is 0 Å². The SMILES string of the molecule is NC(CO)(COCCC(F)(F)F)C1CC1. The Morgan fingerprint density at radius 1 is 1.33 bits per heavy atom.